The molecule has 9 heteroatoms. The highest BCUT2D eigenvalue weighted by molar-refractivity contribution is 6.01. The van der Waals surface area contributed by atoms with Gasteiger partial charge in [-0.3, -0.25) is 15.1 Å². The number of Topliss-reactive ketones (excluding diaryl/α,β-unsaturated/α-hetero) is 1. The van der Waals surface area contributed by atoms with Gasteiger partial charge in [-0.15, -0.1) is 0 Å². The zero-order chi connectivity index (χ0) is 29.9. The standard InChI is InChI=1S/C33H39N7O2/c1-21-9-11-26(12-10-21)40-29(18-28(39-40)33(3,4)5)38-32(42)37-25-8-6-7-24(17-25)30(23-13-15-34-16-14-23)31(41)27-20-35-22(2)19-36-27/h6-12,17-20,23,30,34H,13-16H2,1-5H3,(H2,37,38,42). The number of piperidine rings is 1. The molecule has 218 valence electrons. The molecule has 3 heterocycles. The van der Waals surface area contributed by atoms with Gasteiger partial charge in [0, 0.05) is 23.4 Å². The summed E-state index contributed by atoms with van der Waals surface area (Å²) in [6, 6.07) is 17.1. The largest absolute Gasteiger partial charge is 0.324 e. The van der Waals surface area contributed by atoms with E-state index in [-0.39, 0.29) is 23.0 Å². The molecular formula is C33H39N7O2. The summed E-state index contributed by atoms with van der Waals surface area (Å²) in [6.07, 6.45) is 4.95. The molecule has 4 aromatic rings. The molecule has 5 rings (SSSR count). The number of anilines is 2. The summed E-state index contributed by atoms with van der Waals surface area (Å²) in [4.78, 5) is 35.7. The lowest BCUT2D eigenvalue weighted by Gasteiger charge is -2.30. The average molecular weight is 566 g/mol. The second-order valence-corrected chi connectivity index (χ2v) is 12.1. The van der Waals surface area contributed by atoms with Crippen molar-refractivity contribution in [2.24, 2.45) is 5.92 Å². The van der Waals surface area contributed by atoms with Crippen molar-refractivity contribution in [2.45, 2.75) is 58.8 Å². The third kappa shape index (κ3) is 6.74. The lowest BCUT2D eigenvalue weighted by Crippen LogP contribution is -2.34. The molecule has 3 N–H and O–H groups in total. The van der Waals surface area contributed by atoms with Gasteiger partial charge in [0.15, 0.2) is 5.78 Å². The van der Waals surface area contributed by atoms with Crippen molar-refractivity contribution in [1.29, 1.82) is 0 Å². The Morgan fingerprint density at radius 3 is 2.36 bits per heavy atom. The molecule has 0 radical (unpaired) electrons. The van der Waals surface area contributed by atoms with Crippen molar-refractivity contribution in [3.63, 3.8) is 0 Å². The molecule has 1 fully saturated rings. The van der Waals surface area contributed by atoms with Gasteiger partial charge in [0.25, 0.3) is 0 Å². The number of carbonyl (C=O) groups excluding carboxylic acids is 2. The Labute approximate surface area is 247 Å². The number of aromatic nitrogens is 4. The Hall–Kier alpha value is -4.37. The van der Waals surface area contributed by atoms with E-state index in [0.29, 0.717) is 17.2 Å². The number of rotatable bonds is 7. The highest BCUT2D eigenvalue weighted by Crippen LogP contribution is 2.35. The maximum Gasteiger partial charge on any atom is 0.324 e. The number of hydrogen-bond acceptors (Lipinski definition) is 6. The Bertz CT molecular complexity index is 1550. The van der Waals surface area contributed by atoms with Crippen LogP contribution in [0.25, 0.3) is 5.69 Å². The summed E-state index contributed by atoms with van der Waals surface area (Å²) in [5.74, 6) is 0.294. The molecule has 0 aliphatic carbocycles. The van der Waals surface area contributed by atoms with Crippen molar-refractivity contribution in [2.75, 3.05) is 23.7 Å². The Balaban J connectivity index is 1.40. The maximum absolute atomic E-state index is 13.8. The fraction of sp³-hybridized carbons (Fsp3) is 0.364. The highest BCUT2D eigenvalue weighted by Gasteiger charge is 2.32. The molecule has 2 amide bonds. The molecule has 9 nitrogen and oxygen atoms in total. The Kier molecular flexibility index (Phi) is 8.49. The first-order chi connectivity index (χ1) is 20.1. The summed E-state index contributed by atoms with van der Waals surface area (Å²) in [7, 11) is 0. The fourth-order valence-electron chi connectivity index (χ4n) is 5.30. The molecule has 2 aromatic heterocycles. The fourth-order valence-corrected chi connectivity index (χ4v) is 5.30. The summed E-state index contributed by atoms with van der Waals surface area (Å²) >= 11 is 0. The SMILES string of the molecule is Cc1ccc(-n2nc(C(C)(C)C)cc2NC(=O)Nc2cccc(C(C(=O)c3cnc(C)cn3)C3CCNCC3)c2)cc1. The smallest absolute Gasteiger partial charge is 0.317 e. The van der Waals surface area contributed by atoms with Crippen LogP contribution in [0.5, 0.6) is 0 Å². The van der Waals surface area contributed by atoms with Crippen LogP contribution in [0.1, 0.15) is 72.5 Å². The molecule has 0 saturated carbocycles. The zero-order valence-corrected chi connectivity index (χ0v) is 24.9. The Morgan fingerprint density at radius 1 is 0.952 bits per heavy atom. The van der Waals surface area contributed by atoms with Crippen molar-refractivity contribution in [1.82, 2.24) is 25.1 Å². The van der Waals surface area contributed by atoms with Crippen LogP contribution >= 0.6 is 0 Å². The van der Waals surface area contributed by atoms with Crippen LogP contribution in [-0.4, -0.2) is 44.7 Å². The molecule has 1 aliphatic rings. The minimum Gasteiger partial charge on any atom is -0.317 e. The van der Waals surface area contributed by atoms with Crippen LogP contribution in [0.2, 0.25) is 0 Å². The number of aryl methyl sites for hydroxylation is 2. The molecule has 1 unspecified atom stereocenters. The van der Waals surface area contributed by atoms with Crippen molar-refractivity contribution in [3.05, 3.63) is 95.2 Å². The molecule has 0 spiro atoms. The van der Waals surface area contributed by atoms with Gasteiger partial charge in [0.2, 0.25) is 0 Å². The monoisotopic (exact) mass is 565 g/mol. The topological polar surface area (TPSA) is 114 Å². The number of carbonyl (C=O) groups is 2. The zero-order valence-electron chi connectivity index (χ0n) is 24.9. The third-order valence-electron chi connectivity index (χ3n) is 7.67. The number of benzene rings is 2. The first kappa shape index (κ1) is 29.1. The van der Waals surface area contributed by atoms with Gasteiger partial charge in [-0.25, -0.2) is 14.5 Å². The molecule has 2 aromatic carbocycles. The number of nitrogens with one attached hydrogen (secondary N) is 3. The van der Waals surface area contributed by atoms with Crippen molar-refractivity contribution < 1.29 is 9.59 Å². The van der Waals surface area contributed by atoms with Crippen LogP contribution < -0.4 is 16.0 Å². The van der Waals surface area contributed by atoms with Crippen LogP contribution in [0, 0.1) is 19.8 Å². The van der Waals surface area contributed by atoms with Gasteiger partial charge in [-0.1, -0.05) is 50.6 Å². The van der Waals surface area contributed by atoms with E-state index in [2.05, 4.69) is 46.7 Å². The van der Waals surface area contributed by atoms with E-state index in [1.54, 1.807) is 17.1 Å². The van der Waals surface area contributed by atoms with E-state index in [4.69, 9.17) is 5.10 Å². The van der Waals surface area contributed by atoms with Crippen LogP contribution in [0.3, 0.4) is 0 Å². The van der Waals surface area contributed by atoms with E-state index in [0.717, 1.165) is 54.1 Å². The predicted molar refractivity (Wildman–Crippen MR) is 166 cm³/mol. The van der Waals surface area contributed by atoms with E-state index >= 15 is 0 Å². The first-order valence-electron chi connectivity index (χ1n) is 14.5. The van der Waals surface area contributed by atoms with Crippen LogP contribution in [0.15, 0.2) is 67.0 Å². The minimum atomic E-state index is -0.394. The van der Waals surface area contributed by atoms with Gasteiger partial charge in [0.05, 0.1) is 29.2 Å². The van der Waals surface area contributed by atoms with Crippen molar-refractivity contribution >= 4 is 23.3 Å². The summed E-state index contributed by atoms with van der Waals surface area (Å²) in [5.41, 5.74) is 5.24. The van der Waals surface area contributed by atoms with Crippen LogP contribution in [0.4, 0.5) is 16.3 Å². The second-order valence-electron chi connectivity index (χ2n) is 12.1. The molecule has 1 atom stereocenters. The lowest BCUT2D eigenvalue weighted by atomic mass is 9.77. The molecule has 0 bridgehead atoms. The minimum absolute atomic E-state index is 0.0484. The molecular weight excluding hydrogens is 526 g/mol. The van der Waals surface area contributed by atoms with Gasteiger partial charge < -0.3 is 10.6 Å². The molecule has 42 heavy (non-hydrogen) atoms. The van der Waals surface area contributed by atoms with Gasteiger partial charge in [0.1, 0.15) is 11.5 Å². The van der Waals surface area contributed by atoms with Gasteiger partial charge in [-0.2, -0.15) is 5.10 Å². The van der Waals surface area contributed by atoms with E-state index in [9.17, 15) is 9.59 Å². The first-order valence-corrected chi connectivity index (χ1v) is 14.5. The number of nitrogens with zero attached hydrogens (tertiary/aromatic N) is 4. The lowest BCUT2D eigenvalue weighted by molar-refractivity contribution is 0.0910. The normalized spacial score (nSPS) is 14.8. The number of hydrogen-bond donors (Lipinski definition) is 3. The van der Waals surface area contributed by atoms with Crippen LogP contribution in [-0.2, 0) is 5.41 Å². The van der Waals surface area contributed by atoms with Crippen molar-refractivity contribution in [3.8, 4) is 5.69 Å². The average Bonchev–Trinajstić information content (AvgIpc) is 3.39. The van der Waals surface area contributed by atoms with E-state index in [1.165, 1.54) is 0 Å². The van der Waals surface area contributed by atoms with Gasteiger partial charge >= 0.3 is 6.03 Å². The van der Waals surface area contributed by atoms with Gasteiger partial charge in [-0.05, 0) is 75.5 Å². The number of amides is 2. The predicted octanol–water partition coefficient (Wildman–Crippen LogP) is 6.19. The van der Waals surface area contributed by atoms with E-state index in [1.807, 2.05) is 68.4 Å². The van der Waals surface area contributed by atoms with E-state index < -0.39 is 6.03 Å². The summed E-state index contributed by atoms with van der Waals surface area (Å²) in [5, 5.41) is 14.1. The summed E-state index contributed by atoms with van der Waals surface area (Å²) < 4.78 is 1.75. The molecule has 1 aliphatic heterocycles. The molecule has 1 saturated heterocycles. The Morgan fingerprint density at radius 2 is 1.69 bits per heavy atom. The highest BCUT2D eigenvalue weighted by atomic mass is 16.2. The second kappa shape index (κ2) is 12.2. The maximum atomic E-state index is 13.8. The number of urea groups is 1. The summed E-state index contributed by atoms with van der Waals surface area (Å²) in [6.45, 7) is 11.9. The quantitative estimate of drug-likeness (QED) is 0.230. The third-order valence-corrected chi connectivity index (χ3v) is 7.67. The number of ketones is 1.